The van der Waals surface area contributed by atoms with Crippen LogP contribution in [0.3, 0.4) is 0 Å². The zero-order valence-electron chi connectivity index (χ0n) is 15.2. The van der Waals surface area contributed by atoms with E-state index in [0.717, 1.165) is 40.8 Å². The molecule has 0 aromatic heterocycles. The lowest BCUT2D eigenvalue weighted by atomic mass is 9.98. The van der Waals surface area contributed by atoms with Crippen molar-refractivity contribution < 1.29 is 18.3 Å². The molecule has 0 aliphatic heterocycles. The second kappa shape index (κ2) is 9.37. The van der Waals surface area contributed by atoms with E-state index in [1.54, 1.807) is 7.11 Å². The predicted octanol–water partition coefficient (Wildman–Crippen LogP) is 4.97. The molecule has 3 rings (SSSR count). The Bertz CT molecular complexity index is 933. The van der Waals surface area contributed by atoms with E-state index >= 15 is 0 Å². The zero-order chi connectivity index (χ0) is 19.9. The number of hydrogen-bond acceptors (Lipinski definition) is 3. The van der Waals surface area contributed by atoms with Crippen LogP contribution in [0.25, 0.3) is 0 Å². The highest BCUT2D eigenvalue weighted by molar-refractivity contribution is 8.00. The third kappa shape index (κ3) is 5.10. The first kappa shape index (κ1) is 19.9. The van der Waals surface area contributed by atoms with Gasteiger partial charge in [-0.15, -0.1) is 11.8 Å². The van der Waals surface area contributed by atoms with Crippen molar-refractivity contribution >= 4 is 17.7 Å². The average molecular weight is 399 g/mol. The molecule has 1 atom stereocenters. The van der Waals surface area contributed by atoms with E-state index < -0.39 is 11.6 Å². The van der Waals surface area contributed by atoms with Crippen molar-refractivity contribution in [3.05, 3.63) is 95.6 Å². The fourth-order valence-corrected chi connectivity index (χ4v) is 3.45. The zero-order valence-corrected chi connectivity index (χ0v) is 16.0. The largest absolute Gasteiger partial charge is 0.497 e. The first-order chi connectivity index (χ1) is 13.6. The van der Waals surface area contributed by atoms with Crippen molar-refractivity contribution in [1.29, 1.82) is 0 Å². The molecule has 28 heavy (non-hydrogen) atoms. The Morgan fingerprint density at radius 2 is 1.64 bits per heavy atom. The molecule has 3 nitrogen and oxygen atoms in total. The lowest BCUT2D eigenvalue weighted by Crippen LogP contribution is -2.30. The smallest absolute Gasteiger partial charge is 0.231 e. The summed E-state index contributed by atoms with van der Waals surface area (Å²) in [6.07, 6.45) is 0. The summed E-state index contributed by atoms with van der Waals surface area (Å²) in [5, 5.41) is 3.01. The molecule has 3 aromatic carbocycles. The molecular weight excluding hydrogens is 380 g/mol. The van der Waals surface area contributed by atoms with Gasteiger partial charge in [0.2, 0.25) is 5.91 Å². The van der Waals surface area contributed by atoms with Crippen molar-refractivity contribution in [1.82, 2.24) is 5.32 Å². The Morgan fingerprint density at radius 1 is 0.964 bits per heavy atom. The molecule has 0 saturated heterocycles. The molecule has 0 heterocycles. The molecule has 0 aliphatic rings. The molecule has 1 N–H and O–H groups in total. The van der Waals surface area contributed by atoms with E-state index in [-0.39, 0.29) is 17.7 Å². The van der Waals surface area contributed by atoms with Gasteiger partial charge < -0.3 is 10.1 Å². The van der Waals surface area contributed by atoms with E-state index in [0.29, 0.717) is 4.90 Å². The topological polar surface area (TPSA) is 38.3 Å². The molecule has 0 radical (unpaired) electrons. The van der Waals surface area contributed by atoms with Crippen LogP contribution in [-0.2, 0) is 4.79 Å². The first-order valence-corrected chi connectivity index (χ1v) is 9.61. The second-order valence-electron chi connectivity index (χ2n) is 6.05. The first-order valence-electron chi connectivity index (χ1n) is 8.63. The number of nitrogens with one attached hydrogen (secondary N) is 1. The van der Waals surface area contributed by atoms with Gasteiger partial charge in [-0.05, 0) is 41.5 Å². The molecule has 144 valence electrons. The van der Waals surface area contributed by atoms with Crippen molar-refractivity contribution in [3.8, 4) is 5.75 Å². The van der Waals surface area contributed by atoms with Crippen LogP contribution >= 0.6 is 11.8 Å². The number of thioether (sulfide) groups is 1. The number of carbonyl (C=O) groups excluding carboxylic acids is 1. The highest BCUT2D eigenvalue weighted by Crippen LogP contribution is 2.25. The monoisotopic (exact) mass is 399 g/mol. The van der Waals surface area contributed by atoms with Crippen molar-refractivity contribution in [2.45, 2.75) is 10.9 Å². The Balaban J connectivity index is 1.73. The maximum Gasteiger partial charge on any atom is 0.231 e. The predicted molar refractivity (Wildman–Crippen MR) is 107 cm³/mol. The van der Waals surface area contributed by atoms with Crippen LogP contribution in [0.2, 0.25) is 0 Å². The summed E-state index contributed by atoms with van der Waals surface area (Å²) in [4.78, 5) is 13.0. The van der Waals surface area contributed by atoms with E-state index in [2.05, 4.69) is 5.32 Å². The van der Waals surface area contributed by atoms with E-state index in [1.165, 1.54) is 6.07 Å². The lowest BCUT2D eigenvalue weighted by molar-refractivity contribution is -0.119. The van der Waals surface area contributed by atoms with Crippen LogP contribution in [0.5, 0.6) is 5.75 Å². The summed E-state index contributed by atoms with van der Waals surface area (Å²) in [6, 6.07) is 20.4. The van der Waals surface area contributed by atoms with Gasteiger partial charge in [0.1, 0.15) is 5.75 Å². The number of hydrogen-bond donors (Lipinski definition) is 1. The Labute approximate surface area is 166 Å². The maximum absolute atomic E-state index is 13.3. The fraction of sp³-hybridized carbons (Fsp3) is 0.136. The van der Waals surface area contributed by atoms with Crippen molar-refractivity contribution in [2.75, 3.05) is 12.9 Å². The third-order valence-corrected chi connectivity index (χ3v) is 5.14. The minimum atomic E-state index is -0.925. The SMILES string of the molecule is COc1ccc(C(NC(=O)CSc2ccc(F)c(F)c2)c2ccccc2)cc1. The second-order valence-corrected chi connectivity index (χ2v) is 7.10. The van der Waals surface area contributed by atoms with Gasteiger partial charge in [-0.1, -0.05) is 42.5 Å². The van der Waals surface area contributed by atoms with E-state index in [4.69, 9.17) is 4.74 Å². The summed E-state index contributed by atoms with van der Waals surface area (Å²) in [7, 11) is 1.60. The number of methoxy groups -OCH3 is 1. The van der Waals surface area contributed by atoms with Crippen molar-refractivity contribution in [2.24, 2.45) is 0 Å². The molecule has 3 aromatic rings. The molecule has 0 spiro atoms. The van der Waals surface area contributed by atoms with Gasteiger partial charge in [0.25, 0.3) is 0 Å². The van der Waals surface area contributed by atoms with Gasteiger partial charge in [0.05, 0.1) is 18.9 Å². The number of amides is 1. The van der Waals surface area contributed by atoms with Gasteiger partial charge in [-0.2, -0.15) is 0 Å². The van der Waals surface area contributed by atoms with Crippen LogP contribution < -0.4 is 10.1 Å². The van der Waals surface area contributed by atoms with Crippen LogP contribution in [0.1, 0.15) is 17.2 Å². The maximum atomic E-state index is 13.3. The summed E-state index contributed by atoms with van der Waals surface area (Å²) < 4.78 is 31.5. The number of carbonyl (C=O) groups is 1. The van der Waals surface area contributed by atoms with E-state index in [9.17, 15) is 13.6 Å². The van der Waals surface area contributed by atoms with Gasteiger partial charge in [0.15, 0.2) is 11.6 Å². The lowest BCUT2D eigenvalue weighted by Gasteiger charge is -2.20. The molecule has 0 bridgehead atoms. The Kier molecular flexibility index (Phi) is 6.66. The quantitative estimate of drug-likeness (QED) is 0.570. The van der Waals surface area contributed by atoms with Gasteiger partial charge in [0, 0.05) is 4.90 Å². The standard InChI is InChI=1S/C22H19F2NO2S/c1-27-17-9-7-16(8-10-17)22(15-5-3-2-4-6-15)25-21(26)14-28-18-11-12-19(23)20(24)13-18/h2-13,22H,14H2,1H3,(H,25,26). The molecule has 0 aliphatic carbocycles. The molecular formula is C22H19F2NO2S. The van der Waals surface area contributed by atoms with Gasteiger partial charge in [-0.25, -0.2) is 8.78 Å². The summed E-state index contributed by atoms with van der Waals surface area (Å²) in [6.45, 7) is 0. The highest BCUT2D eigenvalue weighted by atomic mass is 32.2. The minimum Gasteiger partial charge on any atom is -0.497 e. The van der Waals surface area contributed by atoms with Crippen LogP contribution in [-0.4, -0.2) is 18.8 Å². The summed E-state index contributed by atoms with van der Waals surface area (Å²) in [5.41, 5.74) is 1.86. The van der Waals surface area contributed by atoms with Crippen LogP contribution in [0.4, 0.5) is 8.78 Å². The Morgan fingerprint density at radius 3 is 2.29 bits per heavy atom. The fourth-order valence-electron chi connectivity index (χ4n) is 2.72. The van der Waals surface area contributed by atoms with Gasteiger partial charge in [-0.3, -0.25) is 4.79 Å². The average Bonchev–Trinajstić information content (AvgIpc) is 2.73. The Hall–Kier alpha value is -2.86. The van der Waals surface area contributed by atoms with E-state index in [1.807, 2.05) is 54.6 Å². The number of rotatable bonds is 7. The highest BCUT2D eigenvalue weighted by Gasteiger charge is 2.17. The summed E-state index contributed by atoms with van der Waals surface area (Å²) >= 11 is 1.15. The normalized spacial score (nSPS) is 11.7. The minimum absolute atomic E-state index is 0.0879. The molecule has 1 amide bonds. The van der Waals surface area contributed by atoms with Crippen molar-refractivity contribution in [3.63, 3.8) is 0 Å². The molecule has 0 saturated carbocycles. The number of ether oxygens (including phenoxy) is 1. The number of benzene rings is 3. The van der Waals surface area contributed by atoms with Crippen LogP contribution in [0.15, 0.2) is 77.7 Å². The number of halogens is 2. The molecule has 0 fully saturated rings. The third-order valence-electron chi connectivity index (χ3n) is 4.15. The van der Waals surface area contributed by atoms with Crippen LogP contribution in [0, 0.1) is 11.6 Å². The molecule has 1 unspecified atom stereocenters. The molecule has 6 heteroatoms. The van der Waals surface area contributed by atoms with Gasteiger partial charge >= 0.3 is 0 Å². The summed E-state index contributed by atoms with van der Waals surface area (Å²) in [5.74, 6) is -1.22.